The Morgan fingerprint density at radius 2 is 1.87 bits per heavy atom. The number of anilines is 1. The first-order valence-corrected chi connectivity index (χ1v) is 10.3. The number of para-hydroxylation sites is 1. The van der Waals surface area contributed by atoms with Crippen LogP contribution in [0.15, 0.2) is 47.8 Å². The second-order valence-corrected chi connectivity index (χ2v) is 7.43. The summed E-state index contributed by atoms with van der Waals surface area (Å²) in [6.45, 7) is 1.78. The van der Waals surface area contributed by atoms with Crippen LogP contribution in [0.2, 0.25) is 0 Å². The van der Waals surface area contributed by atoms with E-state index < -0.39 is 0 Å². The summed E-state index contributed by atoms with van der Waals surface area (Å²) >= 11 is 6.57. The Morgan fingerprint density at radius 3 is 2.60 bits per heavy atom. The summed E-state index contributed by atoms with van der Waals surface area (Å²) < 4.78 is 16.1. The minimum Gasteiger partial charge on any atom is -0.493 e. The maximum Gasteiger partial charge on any atom is 0.264 e. The lowest BCUT2D eigenvalue weighted by Crippen LogP contribution is -2.37. The molecule has 7 nitrogen and oxygen atoms in total. The zero-order valence-corrected chi connectivity index (χ0v) is 18.4. The van der Waals surface area contributed by atoms with Crippen molar-refractivity contribution >= 4 is 39.7 Å². The van der Waals surface area contributed by atoms with Gasteiger partial charge < -0.3 is 19.5 Å². The van der Waals surface area contributed by atoms with Crippen molar-refractivity contribution in [2.45, 2.75) is 6.92 Å². The minimum atomic E-state index is -0.354. The number of rotatable bonds is 7. The largest absolute Gasteiger partial charge is 0.493 e. The van der Waals surface area contributed by atoms with E-state index >= 15 is 0 Å². The number of hydrogen-bond donors (Lipinski definition) is 2. The number of nitrogens with zero attached hydrogens (tertiary/aromatic N) is 1. The van der Waals surface area contributed by atoms with Crippen molar-refractivity contribution in [3.05, 3.63) is 53.4 Å². The van der Waals surface area contributed by atoms with Crippen LogP contribution >= 0.6 is 23.6 Å². The molecule has 0 fully saturated rings. The number of aromatic nitrogens is 1. The number of nitrogens with one attached hydrogen (secondary N) is 2. The highest BCUT2D eigenvalue weighted by atomic mass is 32.1. The van der Waals surface area contributed by atoms with Crippen LogP contribution < -0.4 is 24.8 Å². The first-order valence-electron chi connectivity index (χ1n) is 8.97. The third-order valence-corrected chi connectivity index (χ3v) is 5.07. The molecule has 0 aliphatic heterocycles. The van der Waals surface area contributed by atoms with Crippen LogP contribution in [0.3, 0.4) is 0 Å². The first kappa shape index (κ1) is 21.5. The zero-order valence-electron chi connectivity index (χ0n) is 16.7. The molecule has 3 rings (SSSR count). The number of amides is 1. The number of aryl methyl sites for hydroxylation is 1. The summed E-state index contributed by atoms with van der Waals surface area (Å²) in [5, 5.41) is 8.10. The number of thiocarbonyl (C=S) groups is 1. The van der Waals surface area contributed by atoms with E-state index in [2.05, 4.69) is 15.6 Å². The van der Waals surface area contributed by atoms with Crippen molar-refractivity contribution in [1.82, 2.24) is 10.3 Å². The highest BCUT2D eigenvalue weighted by Gasteiger charge is 2.12. The van der Waals surface area contributed by atoms with Gasteiger partial charge in [-0.15, -0.1) is 11.3 Å². The van der Waals surface area contributed by atoms with Gasteiger partial charge in [-0.3, -0.25) is 10.1 Å². The van der Waals surface area contributed by atoms with Crippen molar-refractivity contribution in [1.29, 1.82) is 0 Å². The molecule has 0 bridgehead atoms. The number of hydrogen-bond acceptors (Lipinski definition) is 7. The predicted octanol–water partition coefficient (Wildman–Crippen LogP) is 4.03. The van der Waals surface area contributed by atoms with Crippen LogP contribution in [0.1, 0.15) is 5.56 Å². The summed E-state index contributed by atoms with van der Waals surface area (Å²) in [6, 6.07) is 13.0. The highest BCUT2D eigenvalue weighted by Crippen LogP contribution is 2.33. The van der Waals surface area contributed by atoms with Crippen LogP contribution in [-0.4, -0.2) is 36.8 Å². The third kappa shape index (κ3) is 5.46. The van der Waals surface area contributed by atoms with Gasteiger partial charge in [-0.1, -0.05) is 18.2 Å². The fourth-order valence-electron chi connectivity index (χ4n) is 2.61. The number of thiazole rings is 1. The maximum atomic E-state index is 12.1. The molecule has 0 saturated heterocycles. The van der Waals surface area contributed by atoms with Gasteiger partial charge in [-0.25, -0.2) is 4.98 Å². The lowest BCUT2D eigenvalue weighted by Gasteiger charge is -2.10. The smallest absolute Gasteiger partial charge is 0.264 e. The van der Waals surface area contributed by atoms with E-state index in [4.69, 9.17) is 26.4 Å². The number of carbonyl (C=O) groups excluding carboxylic acids is 1. The van der Waals surface area contributed by atoms with E-state index in [1.165, 1.54) is 11.3 Å². The molecule has 0 aliphatic rings. The van der Waals surface area contributed by atoms with Gasteiger partial charge in [0.05, 0.1) is 19.9 Å². The molecule has 1 aromatic heterocycles. The van der Waals surface area contributed by atoms with Crippen LogP contribution in [0.25, 0.3) is 11.3 Å². The molecule has 2 N–H and O–H groups in total. The molecule has 0 atom stereocenters. The van der Waals surface area contributed by atoms with Crippen molar-refractivity contribution in [2.24, 2.45) is 0 Å². The molecule has 30 heavy (non-hydrogen) atoms. The molecule has 0 radical (unpaired) electrons. The molecule has 3 aromatic rings. The lowest BCUT2D eigenvalue weighted by molar-refractivity contribution is -0.121. The van der Waals surface area contributed by atoms with Crippen molar-refractivity contribution < 1.29 is 19.0 Å². The molecular weight excluding hydrogens is 422 g/mol. The Kier molecular flexibility index (Phi) is 7.21. The van der Waals surface area contributed by atoms with Gasteiger partial charge in [-0.05, 0) is 49.0 Å². The third-order valence-electron chi connectivity index (χ3n) is 4.11. The van der Waals surface area contributed by atoms with Crippen molar-refractivity contribution in [3.63, 3.8) is 0 Å². The topological polar surface area (TPSA) is 81.7 Å². The van der Waals surface area contributed by atoms with Crippen molar-refractivity contribution in [3.8, 4) is 28.5 Å². The lowest BCUT2D eigenvalue weighted by atomic mass is 10.1. The molecule has 9 heteroatoms. The van der Waals surface area contributed by atoms with Gasteiger partial charge in [0, 0.05) is 10.9 Å². The summed E-state index contributed by atoms with van der Waals surface area (Å²) in [6.07, 6.45) is 0. The molecule has 156 valence electrons. The Labute approximate surface area is 184 Å². The van der Waals surface area contributed by atoms with E-state index in [-0.39, 0.29) is 17.6 Å². The normalized spacial score (nSPS) is 10.2. The number of methoxy groups -OCH3 is 2. The van der Waals surface area contributed by atoms with Gasteiger partial charge in [0.15, 0.2) is 28.3 Å². The Morgan fingerprint density at radius 1 is 1.10 bits per heavy atom. The fraction of sp³-hybridized carbons (Fsp3) is 0.190. The molecule has 0 spiro atoms. The highest BCUT2D eigenvalue weighted by molar-refractivity contribution is 7.80. The maximum absolute atomic E-state index is 12.1. The number of ether oxygens (including phenoxy) is 3. The number of carbonyl (C=O) groups is 1. The molecule has 1 amide bonds. The average molecular weight is 444 g/mol. The first-order chi connectivity index (χ1) is 14.5. The summed E-state index contributed by atoms with van der Waals surface area (Å²) in [4.78, 5) is 16.6. The van der Waals surface area contributed by atoms with Crippen LogP contribution in [0, 0.1) is 6.92 Å². The second kappa shape index (κ2) is 10.0. The van der Waals surface area contributed by atoms with Crippen LogP contribution in [0.4, 0.5) is 5.13 Å². The Hall–Kier alpha value is -3.17. The van der Waals surface area contributed by atoms with E-state index in [1.54, 1.807) is 14.2 Å². The van der Waals surface area contributed by atoms with E-state index in [9.17, 15) is 4.79 Å². The summed E-state index contributed by atoms with van der Waals surface area (Å²) in [5.41, 5.74) is 2.58. The Balaban J connectivity index is 1.56. The van der Waals surface area contributed by atoms with Gasteiger partial charge in [-0.2, -0.15) is 0 Å². The standard InChI is InChI=1S/C21H21N3O4S2/c1-13-6-4-5-7-16(13)28-11-19(25)23-20(29)24-21-22-15(12-30-21)14-8-9-17(26-2)18(10-14)27-3/h4-10,12H,11H2,1-3H3,(H2,22,23,24,25,29). The predicted molar refractivity (Wildman–Crippen MR) is 122 cm³/mol. The second-order valence-electron chi connectivity index (χ2n) is 6.16. The molecule has 1 heterocycles. The molecule has 0 unspecified atom stereocenters. The van der Waals surface area contributed by atoms with E-state index in [1.807, 2.05) is 54.8 Å². The monoisotopic (exact) mass is 443 g/mol. The van der Waals surface area contributed by atoms with Gasteiger partial charge in [0.25, 0.3) is 5.91 Å². The summed E-state index contributed by atoms with van der Waals surface area (Å²) in [7, 11) is 3.17. The average Bonchev–Trinajstić information content (AvgIpc) is 3.20. The van der Waals surface area contributed by atoms with Crippen molar-refractivity contribution in [2.75, 3.05) is 26.1 Å². The fourth-order valence-corrected chi connectivity index (χ4v) is 3.61. The number of benzene rings is 2. The Bertz CT molecular complexity index is 1050. The van der Waals surface area contributed by atoms with Crippen LogP contribution in [0.5, 0.6) is 17.2 Å². The van der Waals surface area contributed by atoms with E-state index in [0.717, 1.165) is 16.8 Å². The minimum absolute atomic E-state index is 0.137. The molecular formula is C21H21N3O4S2. The molecule has 2 aromatic carbocycles. The zero-order chi connectivity index (χ0) is 21.5. The molecule has 0 saturated carbocycles. The van der Waals surface area contributed by atoms with Gasteiger partial charge >= 0.3 is 0 Å². The van der Waals surface area contributed by atoms with Crippen LogP contribution in [-0.2, 0) is 4.79 Å². The summed E-state index contributed by atoms with van der Waals surface area (Å²) in [5.74, 6) is 1.57. The molecule has 0 aliphatic carbocycles. The van der Waals surface area contributed by atoms with Gasteiger partial charge in [0.2, 0.25) is 0 Å². The van der Waals surface area contributed by atoms with E-state index in [0.29, 0.717) is 22.4 Å². The van der Waals surface area contributed by atoms with Gasteiger partial charge in [0.1, 0.15) is 5.75 Å². The SMILES string of the molecule is COc1ccc(-c2csc(NC(=S)NC(=O)COc3ccccc3C)n2)cc1OC. The quantitative estimate of drug-likeness (QED) is 0.534.